The van der Waals surface area contributed by atoms with E-state index < -0.39 is 17.3 Å². The molecule has 0 aliphatic rings. The van der Waals surface area contributed by atoms with Crippen LogP contribution < -0.4 is 10.6 Å². The lowest BCUT2D eigenvalue weighted by Crippen LogP contribution is -2.35. The van der Waals surface area contributed by atoms with E-state index in [-0.39, 0.29) is 0 Å². The van der Waals surface area contributed by atoms with Gasteiger partial charge in [0.25, 0.3) is 0 Å². The molecule has 138 valence electrons. The Hall–Kier alpha value is -3.13. The van der Waals surface area contributed by atoms with Crippen molar-refractivity contribution < 1.29 is 14.3 Å². The number of hydrogen-bond donors (Lipinski definition) is 2. The van der Waals surface area contributed by atoms with E-state index in [0.29, 0.717) is 11.0 Å². The zero-order valence-electron chi connectivity index (χ0n) is 14.8. The van der Waals surface area contributed by atoms with Crippen molar-refractivity contribution in [2.45, 2.75) is 17.3 Å². The average molecular weight is 382 g/mol. The van der Waals surface area contributed by atoms with Gasteiger partial charge in [0, 0.05) is 11.1 Å². The molecule has 2 amide bonds. The summed E-state index contributed by atoms with van der Waals surface area (Å²) in [6, 6.07) is 17.3. The molecular formula is C19H18N4O3S. The van der Waals surface area contributed by atoms with Crippen LogP contribution in [0.5, 0.6) is 0 Å². The topological polar surface area (TPSA) is 93.2 Å². The van der Waals surface area contributed by atoms with Crippen molar-refractivity contribution in [3.63, 3.8) is 0 Å². The molecule has 1 aromatic heterocycles. The molecule has 2 aromatic carbocycles. The number of anilines is 2. The third-order valence-electron chi connectivity index (χ3n) is 3.68. The molecule has 1 atom stereocenters. The standard InChI is InChI=1S/C19H18N4O3S/c1-12(17(24)23-19(25)26-2)27-18-21-15-11-7-6-10-14(15)16(22-18)20-13-8-4-3-5-9-13/h3-12H,1-2H3,(H,20,21,22)(H,23,24,25)/t12-/m1/s1. The number of aromatic nitrogens is 2. The number of nitrogens with one attached hydrogen (secondary N) is 2. The van der Waals surface area contributed by atoms with E-state index in [4.69, 9.17) is 0 Å². The molecule has 0 saturated heterocycles. The Labute approximate surface area is 160 Å². The summed E-state index contributed by atoms with van der Waals surface area (Å²) in [6.07, 6.45) is -0.793. The highest BCUT2D eigenvalue weighted by molar-refractivity contribution is 8.00. The molecule has 0 aliphatic carbocycles. The first-order valence-corrected chi connectivity index (χ1v) is 9.09. The molecule has 0 fully saturated rings. The Balaban J connectivity index is 1.88. The molecule has 0 saturated carbocycles. The smallest absolute Gasteiger partial charge is 0.413 e. The van der Waals surface area contributed by atoms with Gasteiger partial charge in [-0.15, -0.1) is 0 Å². The van der Waals surface area contributed by atoms with E-state index in [1.807, 2.05) is 54.6 Å². The fraction of sp³-hybridized carbons (Fsp3) is 0.158. The van der Waals surface area contributed by atoms with E-state index in [1.165, 1.54) is 7.11 Å². The zero-order chi connectivity index (χ0) is 19.2. The van der Waals surface area contributed by atoms with Crippen LogP contribution in [-0.4, -0.2) is 34.3 Å². The van der Waals surface area contributed by atoms with Crippen LogP contribution in [0.2, 0.25) is 0 Å². The van der Waals surface area contributed by atoms with Gasteiger partial charge >= 0.3 is 6.09 Å². The van der Waals surface area contributed by atoms with Gasteiger partial charge in [0.2, 0.25) is 5.91 Å². The maximum Gasteiger partial charge on any atom is 0.413 e. The molecule has 1 heterocycles. The predicted molar refractivity (Wildman–Crippen MR) is 105 cm³/mol. The highest BCUT2D eigenvalue weighted by Crippen LogP contribution is 2.28. The van der Waals surface area contributed by atoms with Crippen LogP contribution in [0.4, 0.5) is 16.3 Å². The quantitative estimate of drug-likeness (QED) is 0.513. The highest BCUT2D eigenvalue weighted by atomic mass is 32.2. The van der Waals surface area contributed by atoms with Crippen LogP contribution in [-0.2, 0) is 9.53 Å². The first-order valence-electron chi connectivity index (χ1n) is 8.21. The Bertz CT molecular complexity index is 966. The summed E-state index contributed by atoms with van der Waals surface area (Å²) in [5.74, 6) is 0.177. The lowest BCUT2D eigenvalue weighted by molar-refractivity contribution is -0.119. The number of fused-ring (bicyclic) bond motifs is 1. The van der Waals surface area contributed by atoms with Crippen molar-refractivity contribution in [3.8, 4) is 0 Å². The summed E-state index contributed by atoms with van der Waals surface area (Å²) in [5.41, 5.74) is 1.66. The second-order valence-electron chi connectivity index (χ2n) is 5.60. The number of thioether (sulfide) groups is 1. The highest BCUT2D eigenvalue weighted by Gasteiger charge is 2.19. The Morgan fingerprint density at radius 3 is 2.48 bits per heavy atom. The first-order chi connectivity index (χ1) is 13.1. The van der Waals surface area contributed by atoms with Crippen LogP contribution >= 0.6 is 11.8 Å². The monoisotopic (exact) mass is 382 g/mol. The van der Waals surface area contributed by atoms with Crippen molar-refractivity contribution in [1.29, 1.82) is 0 Å². The number of methoxy groups -OCH3 is 1. The maximum atomic E-state index is 12.1. The van der Waals surface area contributed by atoms with Crippen LogP contribution in [0.15, 0.2) is 59.8 Å². The Kier molecular flexibility index (Phi) is 5.87. The van der Waals surface area contributed by atoms with Crippen molar-refractivity contribution in [2.24, 2.45) is 0 Å². The number of para-hydroxylation sites is 2. The minimum atomic E-state index is -0.793. The molecule has 0 aliphatic heterocycles. The molecule has 3 aromatic rings. The minimum Gasteiger partial charge on any atom is -0.453 e. The SMILES string of the molecule is COC(=O)NC(=O)[C@@H](C)Sc1nc(Nc2ccccc2)c2ccccc2n1. The molecule has 8 heteroatoms. The van der Waals surface area contributed by atoms with Crippen LogP contribution in [0.3, 0.4) is 0 Å². The Morgan fingerprint density at radius 1 is 1.04 bits per heavy atom. The fourth-order valence-electron chi connectivity index (χ4n) is 2.33. The first kappa shape index (κ1) is 18.7. The zero-order valence-corrected chi connectivity index (χ0v) is 15.6. The van der Waals surface area contributed by atoms with Gasteiger partial charge < -0.3 is 10.1 Å². The number of carbonyl (C=O) groups excluding carboxylic acids is 2. The number of carbonyl (C=O) groups is 2. The molecule has 7 nitrogen and oxygen atoms in total. The summed E-state index contributed by atoms with van der Waals surface area (Å²) in [4.78, 5) is 32.3. The number of nitrogens with zero attached hydrogens (tertiary/aromatic N) is 2. The lowest BCUT2D eigenvalue weighted by Gasteiger charge is -2.13. The Morgan fingerprint density at radius 2 is 1.74 bits per heavy atom. The molecule has 3 rings (SSSR count). The molecule has 0 unspecified atom stereocenters. The van der Waals surface area contributed by atoms with Crippen molar-refractivity contribution in [3.05, 3.63) is 54.6 Å². The fourth-order valence-corrected chi connectivity index (χ4v) is 3.10. The van der Waals surface area contributed by atoms with Gasteiger partial charge in [-0.2, -0.15) is 0 Å². The van der Waals surface area contributed by atoms with Gasteiger partial charge in [0.05, 0.1) is 17.9 Å². The molecule has 0 radical (unpaired) electrons. The lowest BCUT2D eigenvalue weighted by atomic mass is 10.2. The van der Waals surface area contributed by atoms with E-state index in [0.717, 1.165) is 28.4 Å². The summed E-state index contributed by atoms with van der Waals surface area (Å²) in [7, 11) is 1.20. The van der Waals surface area contributed by atoms with Gasteiger partial charge in [0.1, 0.15) is 5.82 Å². The van der Waals surface area contributed by atoms with E-state index in [1.54, 1.807) is 6.92 Å². The van der Waals surface area contributed by atoms with Gasteiger partial charge in [-0.25, -0.2) is 14.8 Å². The number of benzene rings is 2. The third kappa shape index (κ3) is 4.73. The molecular weight excluding hydrogens is 364 g/mol. The molecule has 0 bridgehead atoms. The second-order valence-corrected chi connectivity index (χ2v) is 6.91. The van der Waals surface area contributed by atoms with Crippen LogP contribution in [0, 0.1) is 0 Å². The number of imide groups is 1. The van der Waals surface area contributed by atoms with E-state index in [2.05, 4.69) is 25.3 Å². The number of ether oxygens (including phenoxy) is 1. The van der Waals surface area contributed by atoms with Crippen molar-refractivity contribution >= 4 is 46.2 Å². The van der Waals surface area contributed by atoms with Gasteiger partial charge in [0.15, 0.2) is 5.16 Å². The number of rotatable bonds is 5. The maximum absolute atomic E-state index is 12.1. The summed E-state index contributed by atoms with van der Waals surface area (Å²) in [5, 5.41) is 6.17. The van der Waals surface area contributed by atoms with Gasteiger partial charge in [-0.1, -0.05) is 42.1 Å². The average Bonchev–Trinajstić information content (AvgIpc) is 2.68. The van der Waals surface area contributed by atoms with Crippen LogP contribution in [0.1, 0.15) is 6.92 Å². The molecule has 0 spiro atoms. The van der Waals surface area contributed by atoms with Gasteiger partial charge in [-0.05, 0) is 31.2 Å². The van der Waals surface area contributed by atoms with Crippen molar-refractivity contribution in [1.82, 2.24) is 15.3 Å². The summed E-state index contributed by atoms with van der Waals surface area (Å²) in [6.45, 7) is 1.67. The predicted octanol–water partition coefficient (Wildman–Crippen LogP) is 3.74. The number of alkyl carbamates (subject to hydrolysis) is 1. The summed E-state index contributed by atoms with van der Waals surface area (Å²) < 4.78 is 4.44. The van der Waals surface area contributed by atoms with E-state index in [9.17, 15) is 9.59 Å². The number of hydrogen-bond acceptors (Lipinski definition) is 7. The van der Waals surface area contributed by atoms with Gasteiger partial charge in [-0.3, -0.25) is 10.1 Å². The van der Waals surface area contributed by atoms with Crippen LogP contribution in [0.25, 0.3) is 10.9 Å². The molecule has 27 heavy (non-hydrogen) atoms. The normalized spacial score (nSPS) is 11.6. The van der Waals surface area contributed by atoms with E-state index >= 15 is 0 Å². The van der Waals surface area contributed by atoms with Crippen molar-refractivity contribution in [2.75, 3.05) is 12.4 Å². The minimum absolute atomic E-state index is 0.430. The molecule has 2 N–H and O–H groups in total. The number of amides is 2. The second kappa shape index (κ2) is 8.50. The largest absolute Gasteiger partial charge is 0.453 e. The third-order valence-corrected chi connectivity index (χ3v) is 4.64. The summed E-state index contributed by atoms with van der Waals surface area (Å²) >= 11 is 1.16.